The van der Waals surface area contributed by atoms with Crippen molar-refractivity contribution in [2.75, 3.05) is 32.1 Å². The molecule has 8 nitrogen and oxygen atoms in total. The lowest BCUT2D eigenvalue weighted by Crippen LogP contribution is -2.32. The number of hydrogen-bond acceptors (Lipinski definition) is 8. The van der Waals surface area contributed by atoms with E-state index in [1.54, 1.807) is 7.11 Å². The van der Waals surface area contributed by atoms with Crippen LogP contribution in [0, 0.1) is 0 Å². The first-order chi connectivity index (χ1) is 17.6. The lowest BCUT2D eigenvalue weighted by atomic mass is 10.1. The van der Waals surface area contributed by atoms with Crippen LogP contribution in [0.5, 0.6) is 0 Å². The molecule has 2 heterocycles. The van der Waals surface area contributed by atoms with Crippen LogP contribution >= 0.6 is 0 Å². The summed E-state index contributed by atoms with van der Waals surface area (Å²) in [5, 5.41) is 4.24. The summed E-state index contributed by atoms with van der Waals surface area (Å²) in [6.45, 7) is 10.3. The van der Waals surface area contributed by atoms with Gasteiger partial charge >= 0.3 is 5.97 Å². The second-order valence-corrected chi connectivity index (χ2v) is 10.8. The van der Waals surface area contributed by atoms with Crippen molar-refractivity contribution in [2.24, 2.45) is 0 Å². The Balaban J connectivity index is 1.48. The molecule has 37 heavy (non-hydrogen) atoms. The first kappa shape index (κ1) is 26.8. The van der Waals surface area contributed by atoms with E-state index in [-0.39, 0.29) is 12.5 Å². The Morgan fingerprint density at radius 3 is 2.70 bits per heavy atom. The van der Waals surface area contributed by atoms with Crippen LogP contribution in [-0.2, 0) is 27.4 Å². The second-order valence-electron chi connectivity index (χ2n) is 10.8. The standard InChI is InChI=1S/C29H38N4O4/c1-20-9-8-14-33(20)25-13-12-23(16-24(25)19-35-6)28-30-27(31-37-28)22-11-7-10-21(15-22)17-32(5)18-26(34)36-29(2,3)4/h7,10-13,15-16,20H,8-9,14,17-19H2,1-6H3. The summed E-state index contributed by atoms with van der Waals surface area (Å²) >= 11 is 0. The molecule has 4 rings (SSSR count). The van der Waals surface area contributed by atoms with E-state index in [0.29, 0.717) is 30.9 Å². The highest BCUT2D eigenvalue weighted by atomic mass is 16.6. The van der Waals surface area contributed by atoms with Crippen LogP contribution in [0.4, 0.5) is 5.69 Å². The largest absolute Gasteiger partial charge is 0.459 e. The molecule has 1 aliphatic heterocycles. The molecule has 2 aromatic carbocycles. The highest BCUT2D eigenvalue weighted by Gasteiger charge is 2.24. The molecule has 0 radical (unpaired) electrons. The molecular weight excluding hydrogens is 468 g/mol. The average molecular weight is 507 g/mol. The maximum atomic E-state index is 12.2. The van der Waals surface area contributed by atoms with Gasteiger partial charge in [-0.1, -0.05) is 23.4 Å². The third kappa shape index (κ3) is 6.96. The van der Waals surface area contributed by atoms with Crippen LogP contribution in [0.2, 0.25) is 0 Å². The SMILES string of the molecule is COCc1cc(-c2nc(-c3cccc(CN(C)CC(=O)OC(C)(C)C)c3)no2)ccc1N1CCCC1C. The minimum absolute atomic E-state index is 0.212. The maximum Gasteiger partial charge on any atom is 0.320 e. The number of aromatic nitrogens is 2. The Kier molecular flexibility index (Phi) is 8.29. The Morgan fingerprint density at radius 1 is 1.19 bits per heavy atom. The van der Waals surface area contributed by atoms with Gasteiger partial charge < -0.3 is 18.9 Å². The van der Waals surface area contributed by atoms with E-state index in [4.69, 9.17) is 14.0 Å². The Labute approximate surface area is 219 Å². The van der Waals surface area contributed by atoms with E-state index < -0.39 is 5.60 Å². The molecule has 0 spiro atoms. The number of benzene rings is 2. The van der Waals surface area contributed by atoms with Gasteiger partial charge in [0.2, 0.25) is 5.82 Å². The van der Waals surface area contributed by atoms with E-state index >= 15 is 0 Å². The van der Waals surface area contributed by atoms with E-state index in [1.807, 2.05) is 63.1 Å². The molecule has 0 aliphatic carbocycles. The van der Waals surface area contributed by atoms with Crippen molar-refractivity contribution in [1.29, 1.82) is 0 Å². The van der Waals surface area contributed by atoms with E-state index in [2.05, 4.69) is 34.1 Å². The summed E-state index contributed by atoms with van der Waals surface area (Å²) in [5.41, 5.74) is 4.60. The summed E-state index contributed by atoms with van der Waals surface area (Å²) in [4.78, 5) is 21.2. The van der Waals surface area contributed by atoms with Crippen molar-refractivity contribution in [1.82, 2.24) is 15.0 Å². The number of esters is 1. The van der Waals surface area contributed by atoms with Crippen LogP contribution in [-0.4, -0.2) is 59.9 Å². The molecule has 1 unspecified atom stereocenters. The van der Waals surface area contributed by atoms with Crippen molar-refractivity contribution >= 4 is 11.7 Å². The maximum absolute atomic E-state index is 12.2. The number of likely N-dealkylation sites (N-methyl/N-ethyl adjacent to an activating group) is 1. The molecule has 3 aromatic rings. The van der Waals surface area contributed by atoms with Crippen LogP contribution in [0.1, 0.15) is 51.7 Å². The van der Waals surface area contributed by atoms with E-state index in [1.165, 1.54) is 18.5 Å². The summed E-state index contributed by atoms with van der Waals surface area (Å²) < 4.78 is 16.6. The molecule has 0 saturated carbocycles. The van der Waals surface area contributed by atoms with Crippen LogP contribution in [0.25, 0.3) is 22.8 Å². The van der Waals surface area contributed by atoms with Crippen molar-refractivity contribution in [3.8, 4) is 22.8 Å². The highest BCUT2D eigenvalue weighted by Crippen LogP contribution is 2.33. The Hall–Kier alpha value is -3.23. The smallest absolute Gasteiger partial charge is 0.320 e. The Bertz CT molecular complexity index is 1220. The van der Waals surface area contributed by atoms with Crippen LogP contribution in [0.15, 0.2) is 47.0 Å². The zero-order chi connectivity index (χ0) is 26.6. The third-order valence-electron chi connectivity index (χ3n) is 6.37. The van der Waals surface area contributed by atoms with E-state index in [0.717, 1.165) is 28.8 Å². The lowest BCUT2D eigenvalue weighted by molar-refractivity contribution is -0.155. The number of carbonyl (C=O) groups is 1. The second kappa shape index (κ2) is 11.4. The normalized spacial score (nSPS) is 16.0. The number of methoxy groups -OCH3 is 1. The molecular formula is C29H38N4O4. The van der Waals surface area contributed by atoms with Crippen LogP contribution in [0.3, 0.4) is 0 Å². The number of nitrogens with zero attached hydrogens (tertiary/aromatic N) is 4. The topological polar surface area (TPSA) is 80.9 Å². The van der Waals surface area contributed by atoms with Gasteiger partial charge in [-0.25, -0.2) is 0 Å². The van der Waals surface area contributed by atoms with Gasteiger partial charge in [0.25, 0.3) is 5.89 Å². The molecule has 1 aliphatic rings. The fraction of sp³-hybridized carbons (Fsp3) is 0.483. The van der Waals surface area contributed by atoms with Gasteiger partial charge in [-0.3, -0.25) is 9.69 Å². The lowest BCUT2D eigenvalue weighted by Gasteiger charge is -2.26. The Morgan fingerprint density at radius 2 is 2.00 bits per heavy atom. The predicted octanol–water partition coefficient (Wildman–Crippen LogP) is 5.31. The van der Waals surface area contributed by atoms with Gasteiger partial charge in [-0.2, -0.15) is 4.98 Å². The zero-order valence-corrected chi connectivity index (χ0v) is 22.8. The van der Waals surface area contributed by atoms with Gasteiger partial charge in [0.15, 0.2) is 0 Å². The fourth-order valence-corrected chi connectivity index (χ4v) is 4.79. The van der Waals surface area contributed by atoms with Gasteiger partial charge in [0, 0.05) is 48.6 Å². The van der Waals surface area contributed by atoms with Gasteiger partial charge in [-0.15, -0.1) is 0 Å². The predicted molar refractivity (Wildman–Crippen MR) is 144 cm³/mol. The van der Waals surface area contributed by atoms with Gasteiger partial charge in [0.1, 0.15) is 5.60 Å². The fourth-order valence-electron chi connectivity index (χ4n) is 4.79. The van der Waals surface area contributed by atoms with Crippen molar-refractivity contribution in [3.63, 3.8) is 0 Å². The number of ether oxygens (including phenoxy) is 2. The number of rotatable bonds is 9. The molecule has 198 valence electrons. The summed E-state index contributed by atoms with van der Waals surface area (Å²) in [6.07, 6.45) is 2.41. The minimum atomic E-state index is -0.495. The summed E-state index contributed by atoms with van der Waals surface area (Å²) in [5.74, 6) is 0.755. The van der Waals surface area contributed by atoms with Gasteiger partial charge in [-0.05, 0) is 77.4 Å². The van der Waals surface area contributed by atoms with Crippen molar-refractivity contribution in [3.05, 3.63) is 53.6 Å². The van der Waals surface area contributed by atoms with E-state index in [9.17, 15) is 4.79 Å². The number of hydrogen-bond donors (Lipinski definition) is 0. The molecule has 0 amide bonds. The number of anilines is 1. The first-order valence-electron chi connectivity index (χ1n) is 12.9. The minimum Gasteiger partial charge on any atom is -0.459 e. The van der Waals surface area contributed by atoms with Crippen molar-refractivity contribution in [2.45, 2.75) is 65.3 Å². The summed E-state index contributed by atoms with van der Waals surface area (Å²) in [6, 6.07) is 14.7. The van der Waals surface area contributed by atoms with Gasteiger partial charge in [0.05, 0.1) is 13.2 Å². The van der Waals surface area contributed by atoms with Crippen molar-refractivity contribution < 1.29 is 18.8 Å². The summed E-state index contributed by atoms with van der Waals surface area (Å²) in [7, 11) is 3.61. The monoisotopic (exact) mass is 506 g/mol. The molecule has 1 atom stereocenters. The first-order valence-corrected chi connectivity index (χ1v) is 12.9. The molecule has 0 N–H and O–H groups in total. The molecule has 8 heteroatoms. The molecule has 1 aromatic heterocycles. The quantitative estimate of drug-likeness (QED) is 0.361. The molecule has 1 fully saturated rings. The molecule has 1 saturated heterocycles. The zero-order valence-electron chi connectivity index (χ0n) is 22.8. The average Bonchev–Trinajstić information content (AvgIpc) is 3.47. The number of carbonyl (C=O) groups excluding carboxylic acids is 1. The third-order valence-corrected chi connectivity index (χ3v) is 6.37. The molecule has 0 bridgehead atoms. The highest BCUT2D eigenvalue weighted by molar-refractivity contribution is 5.72. The van der Waals surface area contributed by atoms with Crippen LogP contribution < -0.4 is 4.90 Å².